The number of amides is 1. The van der Waals surface area contributed by atoms with E-state index in [1.807, 2.05) is 32.2 Å². The average Bonchev–Trinajstić information content (AvgIpc) is 3.29. The van der Waals surface area contributed by atoms with Crippen LogP contribution in [-0.4, -0.2) is 39.0 Å². The zero-order valence-corrected chi connectivity index (χ0v) is 15.8. The largest absolute Gasteiger partial charge is 0.490 e. The maximum Gasteiger partial charge on any atom is 0.412 e. The first-order valence-corrected chi connectivity index (χ1v) is 9.01. The standard InChI is InChI=1S/C19H22N6O3/c1-13-7-16(24(2)23-13)11-28-19(26)22-14-3-4-18-17(8-14)25(5-6-27-18)10-15-9-20-12-21-15/h3-4,7-9,12H,5-6,10-11H2,1-2H3,(H,20,21)(H,22,26). The van der Waals surface area contributed by atoms with Crippen LogP contribution in [0.5, 0.6) is 5.75 Å². The maximum absolute atomic E-state index is 12.2. The summed E-state index contributed by atoms with van der Waals surface area (Å²) in [5, 5.41) is 7.01. The first-order chi connectivity index (χ1) is 13.6. The minimum atomic E-state index is -0.518. The molecule has 4 rings (SSSR count). The fourth-order valence-electron chi connectivity index (χ4n) is 3.18. The van der Waals surface area contributed by atoms with Crippen LogP contribution in [0.1, 0.15) is 17.1 Å². The van der Waals surface area contributed by atoms with Crippen molar-refractivity contribution in [3.05, 3.63) is 53.9 Å². The van der Waals surface area contributed by atoms with Crippen LogP contribution < -0.4 is 15.0 Å². The summed E-state index contributed by atoms with van der Waals surface area (Å²) in [6.07, 6.45) is 2.94. The summed E-state index contributed by atoms with van der Waals surface area (Å²) in [6, 6.07) is 7.43. The zero-order chi connectivity index (χ0) is 19.5. The van der Waals surface area contributed by atoms with Crippen molar-refractivity contribution in [2.75, 3.05) is 23.4 Å². The van der Waals surface area contributed by atoms with Gasteiger partial charge in [-0.05, 0) is 31.2 Å². The van der Waals surface area contributed by atoms with Gasteiger partial charge in [-0.15, -0.1) is 0 Å². The lowest BCUT2D eigenvalue weighted by Gasteiger charge is -2.31. The lowest BCUT2D eigenvalue weighted by Crippen LogP contribution is -2.32. The number of ether oxygens (including phenoxy) is 2. The molecule has 1 amide bonds. The van der Waals surface area contributed by atoms with E-state index in [1.165, 1.54) is 0 Å². The van der Waals surface area contributed by atoms with E-state index in [0.29, 0.717) is 18.8 Å². The van der Waals surface area contributed by atoms with Crippen LogP contribution in [0.25, 0.3) is 0 Å². The van der Waals surface area contributed by atoms with Crippen LogP contribution in [0.3, 0.4) is 0 Å². The van der Waals surface area contributed by atoms with Gasteiger partial charge in [-0.2, -0.15) is 5.10 Å². The molecule has 1 aliphatic heterocycles. The number of hydrogen-bond donors (Lipinski definition) is 2. The fraction of sp³-hybridized carbons (Fsp3) is 0.316. The van der Waals surface area contributed by atoms with E-state index in [-0.39, 0.29) is 6.61 Å². The molecule has 0 fully saturated rings. The van der Waals surface area contributed by atoms with Crippen molar-refractivity contribution in [3.63, 3.8) is 0 Å². The molecule has 0 aliphatic carbocycles. The molecule has 1 aliphatic rings. The Labute approximate surface area is 162 Å². The number of rotatable bonds is 5. The van der Waals surface area contributed by atoms with Crippen LogP contribution in [0.2, 0.25) is 0 Å². The van der Waals surface area contributed by atoms with Crippen LogP contribution >= 0.6 is 0 Å². The van der Waals surface area contributed by atoms with Crippen molar-refractivity contribution in [2.24, 2.45) is 7.05 Å². The first kappa shape index (κ1) is 17.9. The molecular weight excluding hydrogens is 360 g/mol. The highest BCUT2D eigenvalue weighted by Crippen LogP contribution is 2.34. The fourth-order valence-corrected chi connectivity index (χ4v) is 3.18. The Bertz CT molecular complexity index is 966. The number of H-pyrrole nitrogens is 1. The molecule has 3 heterocycles. The number of imidazole rings is 1. The number of fused-ring (bicyclic) bond motifs is 1. The minimum absolute atomic E-state index is 0.156. The van der Waals surface area contributed by atoms with E-state index in [1.54, 1.807) is 23.3 Å². The summed E-state index contributed by atoms with van der Waals surface area (Å²) < 4.78 is 12.7. The highest BCUT2D eigenvalue weighted by Gasteiger charge is 2.20. The van der Waals surface area contributed by atoms with Gasteiger partial charge in [0.2, 0.25) is 0 Å². The number of aromatic amines is 1. The number of aryl methyl sites for hydroxylation is 2. The van der Waals surface area contributed by atoms with E-state index >= 15 is 0 Å². The van der Waals surface area contributed by atoms with Gasteiger partial charge >= 0.3 is 6.09 Å². The number of anilines is 2. The Morgan fingerprint density at radius 2 is 2.29 bits per heavy atom. The Morgan fingerprint density at radius 1 is 1.39 bits per heavy atom. The van der Waals surface area contributed by atoms with Crippen LogP contribution in [0, 0.1) is 6.92 Å². The highest BCUT2D eigenvalue weighted by molar-refractivity contribution is 5.86. The summed E-state index contributed by atoms with van der Waals surface area (Å²) in [4.78, 5) is 21.5. The molecule has 1 aromatic carbocycles. The molecule has 28 heavy (non-hydrogen) atoms. The van der Waals surface area contributed by atoms with E-state index < -0.39 is 6.09 Å². The number of hydrogen-bond acceptors (Lipinski definition) is 6. The number of carbonyl (C=O) groups excluding carboxylic acids is 1. The molecule has 0 bridgehead atoms. The first-order valence-electron chi connectivity index (χ1n) is 9.01. The molecule has 0 radical (unpaired) electrons. The highest BCUT2D eigenvalue weighted by atomic mass is 16.5. The lowest BCUT2D eigenvalue weighted by atomic mass is 10.2. The Kier molecular flexibility index (Phi) is 4.88. The van der Waals surface area contributed by atoms with Gasteiger partial charge in [0.15, 0.2) is 0 Å². The third kappa shape index (κ3) is 3.93. The van der Waals surface area contributed by atoms with Crippen LogP contribution in [0.4, 0.5) is 16.2 Å². The molecule has 9 nitrogen and oxygen atoms in total. The van der Waals surface area contributed by atoms with Crippen LogP contribution in [0.15, 0.2) is 36.8 Å². The quantitative estimate of drug-likeness (QED) is 0.704. The van der Waals surface area contributed by atoms with E-state index in [2.05, 4.69) is 25.3 Å². The molecule has 0 atom stereocenters. The summed E-state index contributed by atoms with van der Waals surface area (Å²) >= 11 is 0. The Morgan fingerprint density at radius 3 is 3.04 bits per heavy atom. The van der Waals surface area contributed by atoms with Gasteiger partial charge in [0, 0.05) is 18.9 Å². The normalized spacial score (nSPS) is 13.0. The average molecular weight is 382 g/mol. The Balaban J connectivity index is 1.42. The third-order valence-corrected chi connectivity index (χ3v) is 4.53. The lowest BCUT2D eigenvalue weighted by molar-refractivity contribution is 0.152. The van der Waals surface area contributed by atoms with E-state index in [4.69, 9.17) is 9.47 Å². The number of aromatic nitrogens is 4. The summed E-state index contributed by atoms with van der Waals surface area (Å²) in [7, 11) is 1.82. The minimum Gasteiger partial charge on any atom is -0.490 e. The van der Waals surface area contributed by atoms with Gasteiger partial charge in [-0.3, -0.25) is 10.00 Å². The molecule has 0 spiro atoms. The number of benzene rings is 1. The predicted molar refractivity (Wildman–Crippen MR) is 103 cm³/mol. The maximum atomic E-state index is 12.2. The van der Waals surface area contributed by atoms with Gasteiger partial charge < -0.3 is 19.4 Å². The second-order valence-electron chi connectivity index (χ2n) is 6.63. The van der Waals surface area contributed by atoms with Gasteiger partial charge in [0.05, 0.1) is 42.2 Å². The second-order valence-corrected chi connectivity index (χ2v) is 6.63. The molecular formula is C19H22N6O3. The molecule has 2 aromatic heterocycles. The Hall–Kier alpha value is -3.49. The van der Waals surface area contributed by atoms with Crippen molar-refractivity contribution >= 4 is 17.5 Å². The van der Waals surface area contributed by atoms with Crippen molar-refractivity contribution in [2.45, 2.75) is 20.1 Å². The van der Waals surface area contributed by atoms with Crippen molar-refractivity contribution in [1.29, 1.82) is 0 Å². The van der Waals surface area contributed by atoms with Gasteiger partial charge in [0.1, 0.15) is 19.0 Å². The topological polar surface area (TPSA) is 97.3 Å². The van der Waals surface area contributed by atoms with E-state index in [9.17, 15) is 4.79 Å². The predicted octanol–water partition coefficient (Wildman–Crippen LogP) is 2.60. The van der Waals surface area contributed by atoms with E-state index in [0.717, 1.165) is 35.1 Å². The molecule has 9 heteroatoms. The second kappa shape index (κ2) is 7.63. The van der Waals surface area contributed by atoms with Crippen molar-refractivity contribution in [1.82, 2.24) is 19.7 Å². The molecule has 2 N–H and O–H groups in total. The molecule has 0 saturated heterocycles. The van der Waals surface area contributed by atoms with Crippen molar-refractivity contribution in [3.8, 4) is 5.75 Å². The molecule has 0 saturated carbocycles. The summed E-state index contributed by atoms with van der Waals surface area (Å²) in [6.45, 7) is 4.10. The number of nitrogens with one attached hydrogen (secondary N) is 2. The monoisotopic (exact) mass is 382 g/mol. The molecule has 3 aromatic rings. The number of carbonyl (C=O) groups is 1. The summed E-state index contributed by atoms with van der Waals surface area (Å²) in [5.74, 6) is 0.787. The zero-order valence-electron chi connectivity index (χ0n) is 15.8. The molecule has 0 unspecified atom stereocenters. The number of nitrogens with zero attached hydrogens (tertiary/aromatic N) is 4. The van der Waals surface area contributed by atoms with Gasteiger partial charge in [-0.1, -0.05) is 0 Å². The molecule has 146 valence electrons. The summed E-state index contributed by atoms with van der Waals surface area (Å²) in [5.41, 5.74) is 4.29. The van der Waals surface area contributed by atoms with Gasteiger partial charge in [-0.25, -0.2) is 9.78 Å². The smallest absolute Gasteiger partial charge is 0.412 e. The third-order valence-electron chi connectivity index (χ3n) is 4.53. The SMILES string of the molecule is Cc1cc(COC(=O)Nc2ccc3c(c2)N(Cc2cnc[nH]2)CCO3)n(C)n1. The van der Waals surface area contributed by atoms with Gasteiger partial charge in [0.25, 0.3) is 0 Å². The van der Waals surface area contributed by atoms with Crippen molar-refractivity contribution < 1.29 is 14.3 Å². The van der Waals surface area contributed by atoms with Crippen LogP contribution in [-0.2, 0) is 24.9 Å².